The largest absolute Gasteiger partial charge is 0.416 e. The van der Waals surface area contributed by atoms with Gasteiger partial charge in [-0.3, -0.25) is 0 Å². The number of aliphatic hydroxyl groups excluding tert-OH is 1. The van der Waals surface area contributed by atoms with Gasteiger partial charge in [0.1, 0.15) is 5.82 Å². The third-order valence-corrected chi connectivity index (χ3v) is 2.70. The summed E-state index contributed by atoms with van der Waals surface area (Å²) < 4.78 is 50.8. The number of halogens is 4. The second kappa shape index (κ2) is 5.69. The van der Waals surface area contributed by atoms with Gasteiger partial charge < -0.3 is 5.11 Å². The standard InChI is InChI=1S/C13H16F4O/c1-8(2)3-6-12(18)10-7-9(13(15,16)17)4-5-11(10)14/h4-5,7-8,12,18H,3,6H2,1-2H3. The van der Waals surface area contributed by atoms with E-state index in [4.69, 9.17) is 0 Å². The summed E-state index contributed by atoms with van der Waals surface area (Å²) in [6.07, 6.45) is -4.86. The van der Waals surface area contributed by atoms with Gasteiger partial charge in [0.15, 0.2) is 0 Å². The first-order valence-electron chi connectivity index (χ1n) is 5.76. The van der Waals surface area contributed by atoms with Crippen LogP contribution in [-0.4, -0.2) is 5.11 Å². The fraction of sp³-hybridized carbons (Fsp3) is 0.538. The van der Waals surface area contributed by atoms with Crippen molar-refractivity contribution < 1.29 is 22.7 Å². The molecule has 0 radical (unpaired) electrons. The van der Waals surface area contributed by atoms with Gasteiger partial charge in [-0.25, -0.2) is 4.39 Å². The minimum atomic E-state index is -4.53. The third kappa shape index (κ3) is 3.98. The first-order chi connectivity index (χ1) is 8.21. The van der Waals surface area contributed by atoms with Gasteiger partial charge in [-0.1, -0.05) is 13.8 Å². The topological polar surface area (TPSA) is 20.2 Å². The summed E-state index contributed by atoms with van der Waals surface area (Å²) >= 11 is 0. The van der Waals surface area contributed by atoms with E-state index >= 15 is 0 Å². The fourth-order valence-corrected chi connectivity index (χ4v) is 1.62. The molecule has 0 aliphatic heterocycles. The van der Waals surface area contributed by atoms with Gasteiger partial charge in [0.2, 0.25) is 0 Å². The van der Waals surface area contributed by atoms with Crippen molar-refractivity contribution in [1.29, 1.82) is 0 Å². The number of alkyl halides is 3. The molecule has 1 atom stereocenters. The molecule has 0 saturated heterocycles. The summed E-state index contributed by atoms with van der Waals surface area (Å²) in [6.45, 7) is 3.85. The van der Waals surface area contributed by atoms with Crippen LogP contribution in [0.4, 0.5) is 17.6 Å². The van der Waals surface area contributed by atoms with Gasteiger partial charge in [0, 0.05) is 5.56 Å². The Labute approximate surface area is 103 Å². The molecule has 18 heavy (non-hydrogen) atoms. The lowest BCUT2D eigenvalue weighted by molar-refractivity contribution is -0.137. The number of rotatable bonds is 4. The number of benzene rings is 1. The Morgan fingerprint density at radius 1 is 1.17 bits per heavy atom. The zero-order valence-electron chi connectivity index (χ0n) is 10.3. The van der Waals surface area contributed by atoms with Crippen LogP contribution in [0.25, 0.3) is 0 Å². The predicted molar refractivity (Wildman–Crippen MR) is 60.4 cm³/mol. The summed E-state index contributed by atoms with van der Waals surface area (Å²) in [5, 5.41) is 9.73. The van der Waals surface area contributed by atoms with Crippen molar-refractivity contribution in [3.8, 4) is 0 Å². The highest BCUT2D eigenvalue weighted by atomic mass is 19.4. The van der Waals surface area contributed by atoms with Gasteiger partial charge in [-0.05, 0) is 37.0 Å². The molecule has 1 aromatic rings. The minimum Gasteiger partial charge on any atom is -0.388 e. The Kier molecular flexibility index (Phi) is 4.73. The molecule has 1 nitrogen and oxygen atoms in total. The molecule has 0 aromatic heterocycles. The highest BCUT2D eigenvalue weighted by molar-refractivity contribution is 5.28. The van der Waals surface area contributed by atoms with Crippen LogP contribution >= 0.6 is 0 Å². The molecule has 0 aliphatic carbocycles. The molecule has 1 rings (SSSR count). The van der Waals surface area contributed by atoms with Gasteiger partial charge in [-0.2, -0.15) is 13.2 Å². The van der Waals surface area contributed by atoms with Gasteiger partial charge in [0.25, 0.3) is 0 Å². The van der Waals surface area contributed by atoms with Crippen molar-refractivity contribution in [3.05, 3.63) is 35.1 Å². The van der Waals surface area contributed by atoms with Crippen LogP contribution in [0.1, 0.15) is 43.9 Å². The maximum absolute atomic E-state index is 13.4. The lowest BCUT2D eigenvalue weighted by Gasteiger charge is -2.15. The Morgan fingerprint density at radius 3 is 2.28 bits per heavy atom. The van der Waals surface area contributed by atoms with Crippen molar-refractivity contribution in [2.45, 2.75) is 39.0 Å². The summed E-state index contributed by atoms with van der Waals surface area (Å²) in [7, 11) is 0. The first-order valence-corrected chi connectivity index (χ1v) is 5.76. The van der Waals surface area contributed by atoms with Gasteiger partial charge >= 0.3 is 6.18 Å². The van der Waals surface area contributed by atoms with E-state index in [9.17, 15) is 22.7 Å². The van der Waals surface area contributed by atoms with E-state index in [1.54, 1.807) is 0 Å². The van der Waals surface area contributed by atoms with Crippen molar-refractivity contribution in [3.63, 3.8) is 0 Å². The summed E-state index contributed by atoms with van der Waals surface area (Å²) in [5.74, 6) is -0.507. The van der Waals surface area contributed by atoms with E-state index in [1.807, 2.05) is 13.8 Å². The number of hydrogen-bond acceptors (Lipinski definition) is 1. The van der Waals surface area contributed by atoms with Crippen molar-refractivity contribution in [1.82, 2.24) is 0 Å². The molecule has 1 N–H and O–H groups in total. The maximum atomic E-state index is 13.4. The Balaban J connectivity index is 2.93. The van der Waals surface area contributed by atoms with Crippen LogP contribution < -0.4 is 0 Å². The summed E-state index contributed by atoms with van der Waals surface area (Å²) in [6, 6.07) is 2.10. The van der Waals surface area contributed by atoms with E-state index in [0.29, 0.717) is 24.5 Å². The van der Waals surface area contributed by atoms with Crippen LogP contribution in [0, 0.1) is 11.7 Å². The van der Waals surface area contributed by atoms with Crippen LogP contribution in [0.3, 0.4) is 0 Å². The lowest BCUT2D eigenvalue weighted by Crippen LogP contribution is -2.09. The molecular formula is C13H16F4O. The first kappa shape index (κ1) is 15.0. The lowest BCUT2D eigenvalue weighted by atomic mass is 9.98. The van der Waals surface area contributed by atoms with Gasteiger partial charge in [-0.15, -0.1) is 0 Å². The van der Waals surface area contributed by atoms with Crippen molar-refractivity contribution >= 4 is 0 Å². The Morgan fingerprint density at radius 2 is 1.78 bits per heavy atom. The highest BCUT2D eigenvalue weighted by Crippen LogP contribution is 2.33. The van der Waals surface area contributed by atoms with E-state index < -0.39 is 23.7 Å². The fourth-order valence-electron chi connectivity index (χ4n) is 1.62. The number of aliphatic hydroxyl groups is 1. The smallest absolute Gasteiger partial charge is 0.388 e. The Bertz CT molecular complexity index is 398. The van der Waals surface area contributed by atoms with Crippen LogP contribution in [-0.2, 0) is 6.18 Å². The Hall–Kier alpha value is -1.10. The third-order valence-electron chi connectivity index (χ3n) is 2.70. The van der Waals surface area contributed by atoms with Crippen molar-refractivity contribution in [2.75, 3.05) is 0 Å². The monoisotopic (exact) mass is 264 g/mol. The van der Waals surface area contributed by atoms with E-state index in [1.165, 1.54) is 0 Å². The molecule has 1 aromatic carbocycles. The van der Waals surface area contributed by atoms with E-state index in [-0.39, 0.29) is 12.0 Å². The average Bonchev–Trinajstić information content (AvgIpc) is 2.24. The normalized spacial score (nSPS) is 14.0. The zero-order valence-corrected chi connectivity index (χ0v) is 10.3. The SMILES string of the molecule is CC(C)CCC(O)c1cc(C(F)(F)F)ccc1F. The molecule has 0 fully saturated rings. The van der Waals surface area contributed by atoms with Crippen LogP contribution in [0.5, 0.6) is 0 Å². The molecular weight excluding hydrogens is 248 g/mol. The highest BCUT2D eigenvalue weighted by Gasteiger charge is 2.31. The molecule has 0 heterocycles. The van der Waals surface area contributed by atoms with E-state index in [0.717, 1.165) is 6.07 Å². The van der Waals surface area contributed by atoms with E-state index in [2.05, 4.69) is 0 Å². The molecule has 0 aliphatic rings. The second-order valence-electron chi connectivity index (χ2n) is 4.72. The van der Waals surface area contributed by atoms with Crippen LogP contribution in [0.15, 0.2) is 18.2 Å². The zero-order chi connectivity index (χ0) is 13.9. The molecule has 0 saturated carbocycles. The second-order valence-corrected chi connectivity index (χ2v) is 4.72. The molecule has 0 amide bonds. The molecule has 102 valence electrons. The minimum absolute atomic E-state index is 0.246. The van der Waals surface area contributed by atoms with Gasteiger partial charge in [0.05, 0.1) is 11.7 Å². The molecule has 0 bridgehead atoms. The molecule has 0 spiro atoms. The average molecular weight is 264 g/mol. The van der Waals surface area contributed by atoms with Crippen LogP contribution in [0.2, 0.25) is 0 Å². The number of hydrogen-bond donors (Lipinski definition) is 1. The molecule has 5 heteroatoms. The summed E-state index contributed by atoms with van der Waals surface area (Å²) in [5.41, 5.74) is -1.23. The quantitative estimate of drug-likeness (QED) is 0.803. The summed E-state index contributed by atoms with van der Waals surface area (Å²) in [4.78, 5) is 0. The predicted octanol–water partition coefficient (Wildman–Crippen LogP) is 4.31. The van der Waals surface area contributed by atoms with Crippen molar-refractivity contribution in [2.24, 2.45) is 5.92 Å². The maximum Gasteiger partial charge on any atom is 0.416 e. The molecule has 1 unspecified atom stereocenters.